The van der Waals surface area contributed by atoms with Gasteiger partial charge in [-0.2, -0.15) is 0 Å². The molecule has 0 aromatic heterocycles. The molecule has 0 amide bonds. The predicted molar refractivity (Wildman–Crippen MR) is 75.2 cm³/mol. The summed E-state index contributed by atoms with van der Waals surface area (Å²) in [6.07, 6.45) is 2.28. The number of rotatable bonds is 7. The van der Waals surface area contributed by atoms with Gasteiger partial charge in [0.1, 0.15) is 0 Å². The van der Waals surface area contributed by atoms with E-state index < -0.39 is 0 Å². The molecule has 4 nitrogen and oxygen atoms in total. The van der Waals surface area contributed by atoms with Gasteiger partial charge in [-0.15, -0.1) is 0 Å². The first-order valence-electron chi connectivity index (χ1n) is 6.70. The largest absolute Gasteiger partial charge is 0.493 e. The summed E-state index contributed by atoms with van der Waals surface area (Å²) >= 11 is 0. The first kappa shape index (κ1) is 14.2. The lowest BCUT2D eigenvalue weighted by molar-refractivity contribution is -0.0651. The van der Waals surface area contributed by atoms with E-state index in [0.29, 0.717) is 0 Å². The van der Waals surface area contributed by atoms with Crippen LogP contribution < -0.4 is 14.8 Å². The van der Waals surface area contributed by atoms with Crippen molar-refractivity contribution < 1.29 is 14.2 Å². The SMILES string of the molecule is CNCCCC1(c2ccc(OC)c(OC)c2)COC1. The zero-order chi connectivity index (χ0) is 13.7. The van der Waals surface area contributed by atoms with Gasteiger partial charge < -0.3 is 19.5 Å². The smallest absolute Gasteiger partial charge is 0.161 e. The van der Waals surface area contributed by atoms with Crippen LogP contribution in [0.2, 0.25) is 0 Å². The molecule has 0 aliphatic carbocycles. The highest BCUT2D eigenvalue weighted by Crippen LogP contribution is 2.40. The monoisotopic (exact) mass is 265 g/mol. The number of methoxy groups -OCH3 is 2. The lowest BCUT2D eigenvalue weighted by Gasteiger charge is -2.42. The van der Waals surface area contributed by atoms with Crippen LogP contribution in [0.1, 0.15) is 18.4 Å². The number of hydrogen-bond acceptors (Lipinski definition) is 4. The van der Waals surface area contributed by atoms with Crippen molar-refractivity contribution in [2.24, 2.45) is 0 Å². The van der Waals surface area contributed by atoms with Gasteiger partial charge in [-0.3, -0.25) is 0 Å². The molecule has 1 heterocycles. The fourth-order valence-electron chi connectivity index (χ4n) is 2.57. The molecular formula is C15H23NO3. The summed E-state index contributed by atoms with van der Waals surface area (Å²) in [4.78, 5) is 0. The Labute approximate surface area is 115 Å². The summed E-state index contributed by atoms with van der Waals surface area (Å²) in [7, 11) is 5.32. The van der Waals surface area contributed by atoms with Crippen LogP contribution in [0, 0.1) is 0 Å². The Morgan fingerprint density at radius 1 is 1.21 bits per heavy atom. The first-order chi connectivity index (χ1) is 9.25. The van der Waals surface area contributed by atoms with Crippen molar-refractivity contribution in [3.63, 3.8) is 0 Å². The fourth-order valence-corrected chi connectivity index (χ4v) is 2.57. The maximum Gasteiger partial charge on any atom is 0.161 e. The summed E-state index contributed by atoms with van der Waals surface area (Å²) in [5, 5.41) is 3.20. The minimum atomic E-state index is 0.149. The van der Waals surface area contributed by atoms with E-state index in [4.69, 9.17) is 14.2 Å². The van der Waals surface area contributed by atoms with Gasteiger partial charge in [-0.25, -0.2) is 0 Å². The number of hydrogen-bond donors (Lipinski definition) is 1. The van der Waals surface area contributed by atoms with Crippen LogP contribution in [-0.4, -0.2) is 41.0 Å². The molecular weight excluding hydrogens is 242 g/mol. The number of nitrogens with one attached hydrogen (secondary N) is 1. The number of benzene rings is 1. The highest BCUT2D eigenvalue weighted by atomic mass is 16.5. The second-order valence-corrected chi connectivity index (χ2v) is 5.05. The summed E-state index contributed by atoms with van der Waals surface area (Å²) in [6, 6.07) is 6.19. The van der Waals surface area contributed by atoms with E-state index in [1.165, 1.54) is 5.56 Å². The Balaban J connectivity index is 2.18. The third kappa shape index (κ3) is 2.85. The summed E-state index contributed by atoms with van der Waals surface area (Å²) in [5.74, 6) is 1.57. The van der Waals surface area contributed by atoms with Crippen molar-refractivity contribution >= 4 is 0 Å². The second-order valence-electron chi connectivity index (χ2n) is 5.05. The molecule has 1 saturated heterocycles. The highest BCUT2D eigenvalue weighted by molar-refractivity contribution is 5.45. The Kier molecular flexibility index (Phi) is 4.66. The molecule has 0 bridgehead atoms. The standard InChI is InChI=1S/C15H23NO3/c1-16-8-4-7-15(10-19-11-15)12-5-6-13(17-2)14(9-12)18-3/h5-6,9,16H,4,7-8,10-11H2,1-3H3. The van der Waals surface area contributed by atoms with Crippen LogP contribution in [0.15, 0.2) is 18.2 Å². The molecule has 1 N–H and O–H groups in total. The number of ether oxygens (including phenoxy) is 3. The quantitative estimate of drug-likeness (QED) is 0.765. The molecule has 106 valence electrons. The molecule has 1 aliphatic rings. The van der Waals surface area contributed by atoms with Crippen LogP contribution in [0.4, 0.5) is 0 Å². The van der Waals surface area contributed by atoms with Gasteiger partial charge in [-0.05, 0) is 44.1 Å². The molecule has 0 unspecified atom stereocenters. The van der Waals surface area contributed by atoms with Gasteiger partial charge in [0.2, 0.25) is 0 Å². The lowest BCUT2D eigenvalue weighted by atomic mass is 9.75. The third-order valence-corrected chi connectivity index (χ3v) is 3.83. The first-order valence-corrected chi connectivity index (χ1v) is 6.70. The van der Waals surface area contributed by atoms with Crippen molar-refractivity contribution in [3.05, 3.63) is 23.8 Å². The molecule has 19 heavy (non-hydrogen) atoms. The average Bonchev–Trinajstić information content (AvgIpc) is 2.41. The van der Waals surface area contributed by atoms with Crippen molar-refractivity contribution in [2.45, 2.75) is 18.3 Å². The molecule has 1 aromatic rings. The maximum absolute atomic E-state index is 5.46. The van der Waals surface area contributed by atoms with Gasteiger partial charge in [0.15, 0.2) is 11.5 Å². The van der Waals surface area contributed by atoms with E-state index in [1.807, 2.05) is 13.1 Å². The molecule has 2 rings (SSSR count). The van der Waals surface area contributed by atoms with E-state index in [0.717, 1.165) is 44.1 Å². The van der Waals surface area contributed by atoms with Crippen LogP contribution in [-0.2, 0) is 10.2 Å². The Morgan fingerprint density at radius 2 is 1.95 bits per heavy atom. The zero-order valence-electron chi connectivity index (χ0n) is 12.0. The fraction of sp³-hybridized carbons (Fsp3) is 0.600. The van der Waals surface area contributed by atoms with Gasteiger partial charge in [0.05, 0.1) is 27.4 Å². The van der Waals surface area contributed by atoms with E-state index >= 15 is 0 Å². The molecule has 0 atom stereocenters. The zero-order valence-corrected chi connectivity index (χ0v) is 12.0. The minimum absolute atomic E-state index is 0.149. The van der Waals surface area contributed by atoms with Crippen molar-refractivity contribution in [2.75, 3.05) is 41.0 Å². The highest BCUT2D eigenvalue weighted by Gasteiger charge is 2.40. The predicted octanol–water partition coefficient (Wildman–Crippen LogP) is 1.97. The summed E-state index contributed by atoms with van der Waals surface area (Å²) < 4.78 is 16.1. The van der Waals surface area contributed by atoms with Crippen LogP contribution in [0.3, 0.4) is 0 Å². The van der Waals surface area contributed by atoms with E-state index in [-0.39, 0.29) is 5.41 Å². The Bertz CT molecular complexity index is 416. The van der Waals surface area contributed by atoms with Crippen molar-refractivity contribution in [3.8, 4) is 11.5 Å². The normalized spacial score (nSPS) is 16.8. The molecule has 1 aromatic carbocycles. The van der Waals surface area contributed by atoms with Crippen LogP contribution >= 0.6 is 0 Å². The Morgan fingerprint density at radius 3 is 2.47 bits per heavy atom. The van der Waals surface area contributed by atoms with E-state index in [2.05, 4.69) is 17.4 Å². The second kappa shape index (κ2) is 6.26. The topological polar surface area (TPSA) is 39.7 Å². The lowest BCUT2D eigenvalue weighted by Crippen LogP contribution is -2.47. The molecule has 1 fully saturated rings. The molecule has 0 saturated carbocycles. The molecule has 0 spiro atoms. The van der Waals surface area contributed by atoms with E-state index in [1.54, 1.807) is 14.2 Å². The summed E-state index contributed by atoms with van der Waals surface area (Å²) in [6.45, 7) is 2.63. The minimum Gasteiger partial charge on any atom is -0.493 e. The molecule has 4 heteroatoms. The van der Waals surface area contributed by atoms with Gasteiger partial charge in [0.25, 0.3) is 0 Å². The van der Waals surface area contributed by atoms with Crippen molar-refractivity contribution in [1.82, 2.24) is 5.32 Å². The van der Waals surface area contributed by atoms with Gasteiger partial charge >= 0.3 is 0 Å². The summed E-state index contributed by atoms with van der Waals surface area (Å²) in [5.41, 5.74) is 1.43. The average molecular weight is 265 g/mol. The Hall–Kier alpha value is -1.26. The molecule has 0 radical (unpaired) electrons. The third-order valence-electron chi connectivity index (χ3n) is 3.83. The van der Waals surface area contributed by atoms with Crippen molar-refractivity contribution in [1.29, 1.82) is 0 Å². The van der Waals surface area contributed by atoms with Gasteiger partial charge in [-0.1, -0.05) is 6.07 Å². The molecule has 1 aliphatic heterocycles. The van der Waals surface area contributed by atoms with Gasteiger partial charge in [0, 0.05) is 5.41 Å². The van der Waals surface area contributed by atoms with Crippen LogP contribution in [0.25, 0.3) is 0 Å². The van der Waals surface area contributed by atoms with E-state index in [9.17, 15) is 0 Å². The maximum atomic E-state index is 5.46. The van der Waals surface area contributed by atoms with Crippen LogP contribution in [0.5, 0.6) is 11.5 Å².